The zero-order valence-corrected chi connectivity index (χ0v) is 17.1. The highest BCUT2D eigenvalue weighted by Crippen LogP contribution is 2.40. The molecule has 4 nitrogen and oxygen atoms in total. The van der Waals surface area contributed by atoms with Gasteiger partial charge in [-0.15, -0.1) is 0 Å². The van der Waals surface area contributed by atoms with Gasteiger partial charge in [-0.05, 0) is 76.8 Å². The predicted molar refractivity (Wildman–Crippen MR) is 114 cm³/mol. The lowest BCUT2D eigenvalue weighted by molar-refractivity contribution is -0.138. The van der Waals surface area contributed by atoms with Gasteiger partial charge < -0.3 is 9.64 Å². The molecule has 4 heteroatoms. The minimum absolute atomic E-state index is 0.136. The molecule has 0 atom stereocenters. The summed E-state index contributed by atoms with van der Waals surface area (Å²) in [7, 11) is 0. The molecule has 2 aliphatic carbocycles. The summed E-state index contributed by atoms with van der Waals surface area (Å²) in [5.41, 5.74) is 7.00. The van der Waals surface area contributed by atoms with Crippen molar-refractivity contribution in [1.82, 2.24) is 4.98 Å². The third-order valence-corrected chi connectivity index (χ3v) is 6.01. The van der Waals surface area contributed by atoms with Gasteiger partial charge in [0.15, 0.2) is 0 Å². The van der Waals surface area contributed by atoms with Gasteiger partial charge in [-0.2, -0.15) is 0 Å². The van der Waals surface area contributed by atoms with Crippen LogP contribution in [0.25, 0.3) is 10.9 Å². The maximum Gasteiger partial charge on any atom is 0.335 e. The number of fused-ring (bicyclic) bond motifs is 2. The number of carbonyl (C=O) groups is 1. The fourth-order valence-electron chi connectivity index (χ4n) is 4.76. The van der Waals surface area contributed by atoms with Crippen molar-refractivity contribution < 1.29 is 9.53 Å². The molecule has 2 aromatic rings. The molecule has 2 aliphatic rings. The largest absolute Gasteiger partial charge is 0.463 e. The van der Waals surface area contributed by atoms with Crippen molar-refractivity contribution >= 4 is 22.6 Å². The van der Waals surface area contributed by atoms with Crippen molar-refractivity contribution in [1.29, 1.82) is 0 Å². The van der Waals surface area contributed by atoms with Gasteiger partial charge in [0.1, 0.15) is 0 Å². The van der Waals surface area contributed by atoms with Crippen LogP contribution in [-0.4, -0.2) is 24.1 Å². The van der Waals surface area contributed by atoms with Gasteiger partial charge in [-0.3, -0.25) is 4.98 Å². The molecule has 0 bridgehead atoms. The number of para-hydroxylation sites is 1. The fourth-order valence-corrected chi connectivity index (χ4v) is 4.76. The normalized spacial score (nSPS) is 16.8. The summed E-state index contributed by atoms with van der Waals surface area (Å²) in [6, 6.07) is 8.46. The van der Waals surface area contributed by atoms with Crippen molar-refractivity contribution in [3.05, 3.63) is 46.8 Å². The molecule has 0 fully saturated rings. The van der Waals surface area contributed by atoms with Crippen molar-refractivity contribution in [3.8, 4) is 0 Å². The minimum atomic E-state index is -0.136. The smallest absolute Gasteiger partial charge is 0.335 e. The highest BCUT2D eigenvalue weighted by Gasteiger charge is 2.28. The number of aromatic nitrogens is 1. The Hall–Kier alpha value is -2.36. The van der Waals surface area contributed by atoms with Crippen LogP contribution < -0.4 is 4.90 Å². The van der Waals surface area contributed by atoms with Crippen LogP contribution in [0.15, 0.2) is 35.5 Å². The zero-order valence-electron chi connectivity index (χ0n) is 17.1. The Morgan fingerprint density at radius 2 is 1.79 bits per heavy atom. The molecule has 148 valence electrons. The number of carbonyl (C=O) groups excluding carboxylic acids is 1. The van der Waals surface area contributed by atoms with E-state index >= 15 is 0 Å². The van der Waals surface area contributed by atoms with E-state index in [4.69, 9.17) is 9.72 Å². The third kappa shape index (κ3) is 3.41. The first-order chi connectivity index (χ1) is 13.7. The molecule has 0 spiro atoms. The first kappa shape index (κ1) is 19.0. The van der Waals surface area contributed by atoms with Gasteiger partial charge in [-0.25, -0.2) is 4.79 Å². The second kappa shape index (κ2) is 8.34. The summed E-state index contributed by atoms with van der Waals surface area (Å²) in [6.45, 7) is 5.34. The van der Waals surface area contributed by atoms with Gasteiger partial charge >= 0.3 is 5.97 Å². The number of ether oxygens (including phenoxy) is 1. The number of aryl methyl sites for hydroxylation is 1. The van der Waals surface area contributed by atoms with Crippen molar-refractivity contribution in [2.24, 2.45) is 0 Å². The van der Waals surface area contributed by atoms with Gasteiger partial charge in [0.25, 0.3) is 0 Å². The number of nitrogens with zero attached hydrogens (tertiary/aromatic N) is 2. The Morgan fingerprint density at radius 1 is 1.04 bits per heavy atom. The number of allylic oxidation sites excluding steroid dienone is 1. The number of rotatable bonds is 5. The lowest BCUT2D eigenvalue weighted by Crippen LogP contribution is -2.29. The third-order valence-electron chi connectivity index (χ3n) is 6.01. The number of benzene rings is 1. The lowest BCUT2D eigenvalue weighted by Gasteiger charge is -2.34. The van der Waals surface area contributed by atoms with Gasteiger partial charge in [0.05, 0.1) is 23.4 Å². The minimum Gasteiger partial charge on any atom is -0.463 e. The monoisotopic (exact) mass is 378 g/mol. The van der Waals surface area contributed by atoms with E-state index in [-0.39, 0.29) is 5.97 Å². The second-order valence-electron chi connectivity index (χ2n) is 7.71. The van der Waals surface area contributed by atoms with Crippen LogP contribution in [0.1, 0.15) is 63.6 Å². The molecule has 28 heavy (non-hydrogen) atoms. The Morgan fingerprint density at radius 3 is 2.61 bits per heavy atom. The number of hydrogen-bond acceptors (Lipinski definition) is 4. The number of hydrogen-bond donors (Lipinski definition) is 0. The first-order valence-corrected chi connectivity index (χ1v) is 10.8. The summed E-state index contributed by atoms with van der Waals surface area (Å²) in [5.74, 6) is -0.136. The summed E-state index contributed by atoms with van der Waals surface area (Å²) in [6.07, 6.45) is 8.48. The average Bonchev–Trinajstić information content (AvgIpc) is 2.74. The molecule has 0 saturated heterocycles. The van der Waals surface area contributed by atoms with Crippen molar-refractivity contribution in [2.75, 3.05) is 18.1 Å². The topological polar surface area (TPSA) is 42.4 Å². The summed E-state index contributed by atoms with van der Waals surface area (Å²) < 4.78 is 5.41. The quantitative estimate of drug-likeness (QED) is 0.660. The van der Waals surface area contributed by atoms with Gasteiger partial charge in [0, 0.05) is 23.3 Å². The summed E-state index contributed by atoms with van der Waals surface area (Å²) >= 11 is 0. The van der Waals surface area contributed by atoms with E-state index in [0.29, 0.717) is 6.61 Å². The molecule has 0 amide bonds. The van der Waals surface area contributed by atoms with Crippen LogP contribution in [0.5, 0.6) is 0 Å². The van der Waals surface area contributed by atoms with Crippen LogP contribution in [0.2, 0.25) is 0 Å². The maximum absolute atomic E-state index is 12.7. The van der Waals surface area contributed by atoms with Crippen LogP contribution in [0.3, 0.4) is 0 Å². The molecule has 1 aromatic carbocycles. The fraction of sp³-hybridized carbons (Fsp3) is 0.500. The molecule has 0 unspecified atom stereocenters. The number of pyridine rings is 1. The van der Waals surface area contributed by atoms with Crippen LogP contribution in [-0.2, 0) is 22.4 Å². The Labute approximate surface area is 167 Å². The van der Waals surface area contributed by atoms with E-state index in [1.54, 1.807) is 0 Å². The van der Waals surface area contributed by atoms with Gasteiger partial charge in [0.2, 0.25) is 0 Å². The summed E-state index contributed by atoms with van der Waals surface area (Å²) in [4.78, 5) is 20.1. The molecule has 0 N–H and O–H groups in total. The standard InChI is InChI=1S/C24H30N2O2/c1-3-26(22-16-10-7-13-19(22)24(27)28-4-2)23-17-11-5-8-14-20(17)25-21-15-9-6-12-18(21)23/h5,8,11,14H,3-4,6-7,9-10,12-13,15-16H2,1-2H3. The molecule has 1 aromatic heterocycles. The van der Waals surface area contributed by atoms with E-state index < -0.39 is 0 Å². The highest BCUT2D eigenvalue weighted by atomic mass is 16.5. The lowest BCUT2D eigenvalue weighted by atomic mass is 9.90. The first-order valence-electron chi connectivity index (χ1n) is 10.8. The molecule has 0 radical (unpaired) electrons. The van der Waals surface area contributed by atoms with E-state index in [0.717, 1.165) is 61.9 Å². The molecular formula is C24H30N2O2. The molecule has 0 saturated carbocycles. The van der Waals surface area contributed by atoms with Crippen molar-refractivity contribution in [2.45, 2.75) is 65.2 Å². The summed E-state index contributed by atoms with van der Waals surface area (Å²) in [5, 5.41) is 1.20. The average molecular weight is 379 g/mol. The second-order valence-corrected chi connectivity index (χ2v) is 7.71. The van der Waals surface area contributed by atoms with E-state index in [1.807, 2.05) is 6.92 Å². The molecular weight excluding hydrogens is 348 g/mol. The Bertz CT molecular complexity index is 916. The SMILES string of the molecule is CCOC(=O)C1=C(N(CC)c2c3c(nc4ccccc24)CCCC3)CCCC1. The Balaban J connectivity index is 1.92. The number of anilines is 1. The van der Waals surface area contributed by atoms with E-state index in [1.165, 1.54) is 35.2 Å². The number of esters is 1. The van der Waals surface area contributed by atoms with E-state index in [2.05, 4.69) is 36.1 Å². The molecule has 4 rings (SSSR count). The highest BCUT2D eigenvalue weighted by molar-refractivity contribution is 5.96. The van der Waals surface area contributed by atoms with Crippen LogP contribution in [0.4, 0.5) is 5.69 Å². The zero-order chi connectivity index (χ0) is 19.5. The van der Waals surface area contributed by atoms with Crippen molar-refractivity contribution in [3.63, 3.8) is 0 Å². The Kier molecular flexibility index (Phi) is 5.65. The molecule has 0 aliphatic heterocycles. The predicted octanol–water partition coefficient (Wildman–Crippen LogP) is 5.33. The van der Waals surface area contributed by atoms with Crippen LogP contribution in [0, 0.1) is 0 Å². The van der Waals surface area contributed by atoms with Crippen LogP contribution >= 0.6 is 0 Å². The van der Waals surface area contributed by atoms with E-state index in [9.17, 15) is 4.79 Å². The van der Waals surface area contributed by atoms with Gasteiger partial charge in [-0.1, -0.05) is 18.2 Å². The maximum atomic E-state index is 12.7. The molecule has 1 heterocycles.